The van der Waals surface area contributed by atoms with Crippen LogP contribution < -0.4 is 28.9 Å². The van der Waals surface area contributed by atoms with Crippen molar-refractivity contribution in [3.8, 4) is 23.0 Å². The summed E-state index contributed by atoms with van der Waals surface area (Å²) in [4.78, 5) is 35.1. The number of amides is 2. The summed E-state index contributed by atoms with van der Waals surface area (Å²) < 4.78 is 22.5. The summed E-state index contributed by atoms with van der Waals surface area (Å²) in [5.74, 6) is 0.511. The fourth-order valence-electron chi connectivity index (χ4n) is 5.09. The number of hydrogen-bond donors (Lipinski definition) is 0. The maximum atomic E-state index is 14.0. The first-order valence-electron chi connectivity index (χ1n) is 12.9. The molecule has 2 saturated heterocycles. The van der Waals surface area contributed by atoms with Crippen LogP contribution in [0.2, 0.25) is 0 Å². The smallest absolute Gasteiger partial charge is 0.266 e. The molecule has 0 radical (unpaired) electrons. The predicted octanol–water partition coefficient (Wildman–Crippen LogP) is 4.94. The van der Waals surface area contributed by atoms with E-state index in [1.165, 1.54) is 4.90 Å². The third-order valence-electron chi connectivity index (χ3n) is 7.04. The van der Waals surface area contributed by atoms with Gasteiger partial charge in [-0.1, -0.05) is 31.5 Å². The quantitative estimate of drug-likeness (QED) is 0.268. The number of benzene rings is 3. The Hall–Kier alpha value is -4.24. The van der Waals surface area contributed by atoms with Crippen molar-refractivity contribution in [2.45, 2.75) is 31.9 Å². The summed E-state index contributed by atoms with van der Waals surface area (Å²) in [5.41, 5.74) is 1.80. The number of imide groups is 1. The standard InChI is InChI=1S/C30H32N2O7/c1-5-6-16-38-21-14-12-19(13-15-21)31-29(33)26-27(22-17-24(36-3)25(37-4)18-23(22)35-2)32(39-28(26)30(31)34)20-10-8-7-9-11-20/h7-15,17-18,26-28H,5-6,16H2,1-4H3. The van der Waals surface area contributed by atoms with Gasteiger partial charge >= 0.3 is 0 Å². The average molecular weight is 533 g/mol. The lowest BCUT2D eigenvalue weighted by Crippen LogP contribution is -2.37. The normalized spacial score (nSPS) is 20.3. The SMILES string of the molecule is CCCCOc1ccc(N2C(=O)C3ON(c4ccccc4)C(c4cc(OC)c(OC)cc4OC)C3C2=O)cc1. The van der Waals surface area contributed by atoms with Crippen molar-refractivity contribution in [3.63, 3.8) is 0 Å². The molecule has 0 aliphatic carbocycles. The number of methoxy groups -OCH3 is 3. The van der Waals surface area contributed by atoms with E-state index in [0.29, 0.717) is 46.5 Å². The summed E-state index contributed by atoms with van der Waals surface area (Å²) in [6.07, 6.45) is 0.967. The monoisotopic (exact) mass is 532 g/mol. The highest BCUT2D eigenvalue weighted by Gasteiger charge is 2.61. The molecular formula is C30H32N2O7. The maximum absolute atomic E-state index is 14.0. The molecule has 39 heavy (non-hydrogen) atoms. The Labute approximate surface area is 227 Å². The van der Waals surface area contributed by atoms with Crippen molar-refractivity contribution in [2.75, 3.05) is 37.9 Å². The van der Waals surface area contributed by atoms with E-state index >= 15 is 0 Å². The van der Waals surface area contributed by atoms with E-state index < -0.39 is 24.0 Å². The van der Waals surface area contributed by atoms with Gasteiger partial charge in [-0.15, -0.1) is 0 Å². The molecule has 0 saturated carbocycles. The zero-order valence-corrected chi connectivity index (χ0v) is 22.5. The highest BCUT2D eigenvalue weighted by molar-refractivity contribution is 6.24. The van der Waals surface area contributed by atoms with Crippen LogP contribution in [0.15, 0.2) is 66.7 Å². The van der Waals surface area contributed by atoms with Crippen molar-refractivity contribution in [3.05, 3.63) is 72.3 Å². The second-order valence-electron chi connectivity index (χ2n) is 9.31. The van der Waals surface area contributed by atoms with Crippen molar-refractivity contribution >= 4 is 23.2 Å². The number of anilines is 2. The van der Waals surface area contributed by atoms with Crippen LogP contribution in [-0.4, -0.2) is 45.9 Å². The average Bonchev–Trinajstić information content (AvgIpc) is 3.48. The molecule has 0 N–H and O–H groups in total. The lowest BCUT2D eigenvalue weighted by Gasteiger charge is -2.30. The van der Waals surface area contributed by atoms with Gasteiger partial charge in [0, 0.05) is 11.6 Å². The van der Waals surface area contributed by atoms with Crippen molar-refractivity contribution in [1.82, 2.24) is 0 Å². The van der Waals surface area contributed by atoms with Gasteiger partial charge in [0.15, 0.2) is 17.6 Å². The summed E-state index contributed by atoms with van der Waals surface area (Å²) in [5, 5.41) is 1.62. The topological polar surface area (TPSA) is 86.8 Å². The van der Waals surface area contributed by atoms with Gasteiger partial charge in [-0.25, -0.2) is 9.96 Å². The van der Waals surface area contributed by atoms with E-state index in [0.717, 1.165) is 12.8 Å². The highest BCUT2D eigenvalue weighted by atomic mass is 16.7. The van der Waals surface area contributed by atoms with Crippen LogP contribution in [0.5, 0.6) is 23.0 Å². The number of carbonyl (C=O) groups excluding carboxylic acids is 2. The Morgan fingerprint density at radius 3 is 2.10 bits per heavy atom. The minimum atomic E-state index is -1.01. The number of hydroxylamine groups is 1. The van der Waals surface area contributed by atoms with Crippen molar-refractivity contribution < 1.29 is 33.4 Å². The number of unbranched alkanes of at least 4 members (excludes halogenated alkanes) is 1. The van der Waals surface area contributed by atoms with Gasteiger partial charge in [0.25, 0.3) is 5.91 Å². The molecule has 5 rings (SSSR count). The van der Waals surface area contributed by atoms with Crippen LogP contribution in [0.25, 0.3) is 0 Å². The molecular weight excluding hydrogens is 500 g/mol. The molecule has 3 aromatic carbocycles. The molecule has 3 aromatic rings. The Morgan fingerprint density at radius 2 is 1.46 bits per heavy atom. The van der Waals surface area contributed by atoms with Gasteiger partial charge in [-0.05, 0) is 48.9 Å². The Kier molecular flexibility index (Phi) is 7.60. The molecule has 0 spiro atoms. The first kappa shape index (κ1) is 26.4. The van der Waals surface area contributed by atoms with Gasteiger partial charge in [0.05, 0.1) is 39.3 Å². The molecule has 2 heterocycles. The van der Waals surface area contributed by atoms with E-state index in [-0.39, 0.29) is 5.91 Å². The van der Waals surface area contributed by atoms with Crippen LogP contribution >= 0.6 is 0 Å². The largest absolute Gasteiger partial charge is 0.496 e. The zero-order chi connectivity index (χ0) is 27.5. The number of nitrogens with zero attached hydrogens (tertiary/aromatic N) is 2. The highest BCUT2D eigenvalue weighted by Crippen LogP contribution is 2.51. The molecule has 0 aromatic heterocycles. The molecule has 9 nitrogen and oxygen atoms in total. The number of hydrogen-bond acceptors (Lipinski definition) is 8. The minimum Gasteiger partial charge on any atom is -0.496 e. The minimum absolute atomic E-state index is 0.357. The van der Waals surface area contributed by atoms with Gasteiger partial charge in [-0.3, -0.25) is 14.4 Å². The third kappa shape index (κ3) is 4.74. The van der Waals surface area contributed by atoms with Crippen LogP contribution in [0.3, 0.4) is 0 Å². The van der Waals surface area contributed by atoms with Gasteiger partial charge < -0.3 is 18.9 Å². The lowest BCUT2D eigenvalue weighted by molar-refractivity contribution is -0.126. The van der Waals surface area contributed by atoms with Crippen LogP contribution in [0.4, 0.5) is 11.4 Å². The number of para-hydroxylation sites is 1. The number of carbonyl (C=O) groups is 2. The summed E-state index contributed by atoms with van der Waals surface area (Å²) in [7, 11) is 4.63. The molecule has 0 bridgehead atoms. The van der Waals surface area contributed by atoms with Crippen molar-refractivity contribution in [1.29, 1.82) is 0 Å². The summed E-state index contributed by atoms with van der Waals surface area (Å²) >= 11 is 0. The third-order valence-corrected chi connectivity index (χ3v) is 7.04. The first-order valence-corrected chi connectivity index (χ1v) is 12.9. The van der Waals surface area contributed by atoms with Crippen LogP contribution in [-0.2, 0) is 14.4 Å². The molecule has 204 valence electrons. The maximum Gasteiger partial charge on any atom is 0.266 e. The van der Waals surface area contributed by atoms with Crippen LogP contribution in [0, 0.1) is 5.92 Å². The zero-order valence-electron chi connectivity index (χ0n) is 22.5. The molecule has 2 aliphatic rings. The molecule has 2 amide bonds. The van der Waals surface area contributed by atoms with Crippen LogP contribution in [0.1, 0.15) is 31.4 Å². The van der Waals surface area contributed by atoms with E-state index in [9.17, 15) is 9.59 Å². The van der Waals surface area contributed by atoms with Gasteiger partial charge in [0.2, 0.25) is 5.91 Å². The molecule has 3 atom stereocenters. The lowest BCUT2D eigenvalue weighted by atomic mass is 9.89. The fraction of sp³-hybridized carbons (Fsp3) is 0.333. The predicted molar refractivity (Wildman–Crippen MR) is 145 cm³/mol. The Balaban J connectivity index is 1.54. The molecule has 2 fully saturated rings. The Morgan fingerprint density at radius 1 is 0.795 bits per heavy atom. The second kappa shape index (κ2) is 11.2. The van der Waals surface area contributed by atoms with E-state index in [1.54, 1.807) is 62.8 Å². The number of ether oxygens (including phenoxy) is 4. The molecule has 9 heteroatoms. The summed E-state index contributed by atoms with van der Waals surface area (Å²) in [6.45, 7) is 2.71. The summed E-state index contributed by atoms with van der Waals surface area (Å²) in [6, 6.07) is 19.1. The number of rotatable bonds is 10. The second-order valence-corrected chi connectivity index (χ2v) is 9.31. The van der Waals surface area contributed by atoms with Crippen molar-refractivity contribution in [2.24, 2.45) is 5.92 Å². The van der Waals surface area contributed by atoms with Gasteiger partial charge in [-0.2, -0.15) is 0 Å². The van der Waals surface area contributed by atoms with Gasteiger partial charge in [0.1, 0.15) is 23.5 Å². The van der Waals surface area contributed by atoms with E-state index in [4.69, 9.17) is 23.8 Å². The number of fused-ring (bicyclic) bond motifs is 1. The van der Waals surface area contributed by atoms with E-state index in [2.05, 4.69) is 6.92 Å². The molecule has 2 aliphatic heterocycles. The molecule has 3 unspecified atom stereocenters. The fourth-order valence-corrected chi connectivity index (χ4v) is 5.09. The first-order chi connectivity index (χ1) is 19.0. The van der Waals surface area contributed by atoms with E-state index in [1.807, 2.05) is 30.3 Å². The Bertz CT molecular complexity index is 1330.